The van der Waals surface area contributed by atoms with Crippen LogP contribution in [0.3, 0.4) is 0 Å². The van der Waals surface area contributed by atoms with Crippen LogP contribution < -0.4 is 0 Å². The number of hydrogen-bond donors (Lipinski definition) is 0. The van der Waals surface area contributed by atoms with E-state index in [2.05, 4.69) is 87.6 Å². The SMILES string of the molecule is CC/C=C\C/C=C\C/C=C\C/C=C\C/C=C\C/C=C\CCC(=O)OC(COC(=O)CCCCCCCCCCCC)COC(=O)CCCCCCCCCCCCCCCCCCCCCCCCCCCCC. The summed E-state index contributed by atoms with van der Waals surface area (Å²) in [7, 11) is 0. The van der Waals surface area contributed by atoms with Crippen LogP contribution in [0.25, 0.3) is 0 Å². The highest BCUT2D eigenvalue weighted by molar-refractivity contribution is 5.71. The van der Waals surface area contributed by atoms with E-state index in [1.165, 1.54) is 199 Å². The molecule has 0 fully saturated rings. The first-order chi connectivity index (χ1) is 36.5. The van der Waals surface area contributed by atoms with Crippen LogP contribution in [0, 0.1) is 0 Å². The van der Waals surface area contributed by atoms with Gasteiger partial charge in [0.15, 0.2) is 6.10 Å². The van der Waals surface area contributed by atoms with Crippen molar-refractivity contribution >= 4 is 17.9 Å². The Hall–Kier alpha value is -3.15. The predicted molar refractivity (Wildman–Crippen MR) is 321 cm³/mol. The first-order valence-electron chi connectivity index (χ1n) is 31.9. The van der Waals surface area contributed by atoms with Crippen LogP contribution in [0.5, 0.6) is 0 Å². The Bertz CT molecular complexity index is 1370. The largest absolute Gasteiger partial charge is 0.462 e. The summed E-state index contributed by atoms with van der Waals surface area (Å²) in [5.74, 6) is -0.974. The van der Waals surface area contributed by atoms with Crippen LogP contribution >= 0.6 is 0 Å². The zero-order valence-electron chi connectivity index (χ0n) is 49.1. The van der Waals surface area contributed by atoms with Gasteiger partial charge in [-0.15, -0.1) is 0 Å². The maximum Gasteiger partial charge on any atom is 0.306 e. The molecule has 0 aliphatic heterocycles. The van der Waals surface area contributed by atoms with Crippen molar-refractivity contribution < 1.29 is 28.6 Å². The molecule has 0 heterocycles. The molecule has 0 saturated carbocycles. The number of esters is 3. The van der Waals surface area contributed by atoms with Crippen molar-refractivity contribution in [2.75, 3.05) is 13.2 Å². The molecule has 74 heavy (non-hydrogen) atoms. The van der Waals surface area contributed by atoms with Crippen molar-refractivity contribution in [3.63, 3.8) is 0 Å². The van der Waals surface area contributed by atoms with Crippen LogP contribution in [0.1, 0.15) is 323 Å². The molecule has 0 aromatic rings. The lowest BCUT2D eigenvalue weighted by molar-refractivity contribution is -0.166. The minimum absolute atomic E-state index is 0.102. The predicted octanol–water partition coefficient (Wildman–Crippen LogP) is 21.7. The van der Waals surface area contributed by atoms with E-state index >= 15 is 0 Å². The van der Waals surface area contributed by atoms with Crippen LogP contribution in [0.15, 0.2) is 72.9 Å². The van der Waals surface area contributed by atoms with Gasteiger partial charge < -0.3 is 14.2 Å². The first kappa shape index (κ1) is 70.8. The minimum atomic E-state index is -0.813. The molecule has 1 atom stereocenters. The zero-order chi connectivity index (χ0) is 53.6. The third-order valence-corrected chi connectivity index (χ3v) is 14.0. The highest BCUT2D eigenvalue weighted by Crippen LogP contribution is 2.17. The third kappa shape index (κ3) is 59.7. The fourth-order valence-corrected chi connectivity index (χ4v) is 9.24. The lowest BCUT2D eigenvalue weighted by Crippen LogP contribution is -2.30. The molecule has 0 aromatic heterocycles. The second-order valence-corrected chi connectivity index (χ2v) is 21.3. The average Bonchev–Trinajstić information content (AvgIpc) is 3.40. The van der Waals surface area contributed by atoms with Crippen LogP contribution in [-0.2, 0) is 28.6 Å². The Kier molecular flexibility index (Phi) is 59.7. The molecular formula is C68H120O6. The molecule has 0 radical (unpaired) electrons. The Morgan fingerprint density at radius 3 is 0.797 bits per heavy atom. The quantitative estimate of drug-likeness (QED) is 0.0261. The van der Waals surface area contributed by atoms with Gasteiger partial charge in [0.25, 0.3) is 0 Å². The van der Waals surface area contributed by atoms with E-state index in [0.717, 1.165) is 77.0 Å². The topological polar surface area (TPSA) is 78.9 Å². The van der Waals surface area contributed by atoms with E-state index in [4.69, 9.17) is 14.2 Å². The molecule has 428 valence electrons. The van der Waals surface area contributed by atoms with Gasteiger partial charge in [-0.3, -0.25) is 14.4 Å². The van der Waals surface area contributed by atoms with Gasteiger partial charge >= 0.3 is 17.9 Å². The van der Waals surface area contributed by atoms with Crippen LogP contribution in [0.2, 0.25) is 0 Å². The van der Waals surface area contributed by atoms with Crippen LogP contribution in [0.4, 0.5) is 0 Å². The van der Waals surface area contributed by atoms with E-state index in [0.29, 0.717) is 19.3 Å². The van der Waals surface area contributed by atoms with Crippen LogP contribution in [-0.4, -0.2) is 37.2 Å². The average molecular weight is 1030 g/mol. The Labute approximate surface area is 459 Å². The van der Waals surface area contributed by atoms with Gasteiger partial charge in [0.05, 0.1) is 0 Å². The molecule has 0 bridgehead atoms. The molecular weight excluding hydrogens is 913 g/mol. The van der Waals surface area contributed by atoms with Gasteiger partial charge in [0, 0.05) is 19.3 Å². The fourth-order valence-electron chi connectivity index (χ4n) is 9.24. The van der Waals surface area contributed by atoms with Gasteiger partial charge in [-0.1, -0.05) is 318 Å². The molecule has 6 heteroatoms. The molecule has 0 spiro atoms. The smallest absolute Gasteiger partial charge is 0.306 e. The number of carbonyl (C=O) groups excluding carboxylic acids is 3. The van der Waals surface area contributed by atoms with Crippen molar-refractivity contribution in [3.05, 3.63) is 72.9 Å². The summed E-state index contributed by atoms with van der Waals surface area (Å²) < 4.78 is 16.8. The number of carbonyl (C=O) groups is 3. The number of rotatable bonds is 58. The van der Waals surface area contributed by atoms with Crippen molar-refractivity contribution in [2.24, 2.45) is 0 Å². The van der Waals surface area contributed by atoms with Crippen molar-refractivity contribution in [1.29, 1.82) is 0 Å². The van der Waals surface area contributed by atoms with Gasteiger partial charge in [-0.25, -0.2) is 0 Å². The lowest BCUT2D eigenvalue weighted by atomic mass is 10.0. The minimum Gasteiger partial charge on any atom is -0.462 e. The van der Waals surface area contributed by atoms with Crippen molar-refractivity contribution in [2.45, 2.75) is 329 Å². The number of hydrogen-bond acceptors (Lipinski definition) is 6. The van der Waals surface area contributed by atoms with E-state index in [-0.39, 0.29) is 37.5 Å². The van der Waals surface area contributed by atoms with E-state index in [9.17, 15) is 14.4 Å². The number of unbranched alkanes of at least 4 members (excludes halogenated alkanes) is 35. The molecule has 0 N–H and O–H groups in total. The number of allylic oxidation sites excluding steroid dienone is 12. The summed E-state index contributed by atoms with van der Waals surface area (Å²) in [6.45, 7) is 6.49. The standard InChI is InChI=1S/C68H120O6/c1-4-7-10-13-16-19-22-24-26-28-30-31-32-33-34-35-36-37-39-40-42-44-46-49-52-55-58-61-67(70)73-64-65(63-72-66(69)60-57-54-51-48-21-18-15-12-9-6-3)74-68(71)62-59-56-53-50-47-45-43-41-38-29-27-25-23-20-17-14-11-8-5-2/h8,11,17,20,25,27,38,41,45,47,53,56,65H,4-7,9-10,12-16,18-19,21-24,26,28-37,39-40,42-44,46,48-52,54-55,57-64H2,1-3H3/b11-8-,20-17-,27-25-,41-38-,47-45-,56-53-. The van der Waals surface area contributed by atoms with Gasteiger partial charge in [-0.2, -0.15) is 0 Å². The normalized spacial score (nSPS) is 12.5. The summed E-state index contributed by atoms with van der Waals surface area (Å²) in [5, 5.41) is 0. The van der Waals surface area contributed by atoms with E-state index in [1.54, 1.807) is 0 Å². The third-order valence-electron chi connectivity index (χ3n) is 14.0. The van der Waals surface area contributed by atoms with Gasteiger partial charge in [0.2, 0.25) is 0 Å². The molecule has 0 saturated heterocycles. The summed E-state index contributed by atoms with van der Waals surface area (Å²) in [4.78, 5) is 38.1. The Balaban J connectivity index is 4.25. The summed E-state index contributed by atoms with van der Waals surface area (Å²) in [6.07, 6.45) is 80.9. The maximum atomic E-state index is 12.8. The molecule has 0 aliphatic rings. The lowest BCUT2D eigenvalue weighted by Gasteiger charge is -2.18. The molecule has 0 amide bonds. The van der Waals surface area contributed by atoms with Gasteiger partial charge in [-0.05, 0) is 57.8 Å². The second kappa shape index (κ2) is 62.4. The Morgan fingerprint density at radius 2 is 0.527 bits per heavy atom. The molecule has 0 rings (SSSR count). The maximum absolute atomic E-state index is 12.8. The number of ether oxygens (including phenoxy) is 3. The Morgan fingerprint density at radius 1 is 0.284 bits per heavy atom. The summed E-state index contributed by atoms with van der Waals surface area (Å²) in [5.41, 5.74) is 0. The van der Waals surface area contributed by atoms with Crippen molar-refractivity contribution in [3.8, 4) is 0 Å². The summed E-state index contributed by atoms with van der Waals surface area (Å²) >= 11 is 0. The zero-order valence-corrected chi connectivity index (χ0v) is 49.1. The van der Waals surface area contributed by atoms with Crippen molar-refractivity contribution in [1.82, 2.24) is 0 Å². The second-order valence-electron chi connectivity index (χ2n) is 21.3. The van der Waals surface area contributed by atoms with Gasteiger partial charge in [0.1, 0.15) is 13.2 Å². The monoisotopic (exact) mass is 1030 g/mol. The molecule has 0 aliphatic carbocycles. The first-order valence-corrected chi connectivity index (χ1v) is 31.9. The fraction of sp³-hybridized carbons (Fsp3) is 0.779. The molecule has 0 aromatic carbocycles. The molecule has 6 nitrogen and oxygen atoms in total. The highest BCUT2D eigenvalue weighted by Gasteiger charge is 2.19. The summed E-state index contributed by atoms with van der Waals surface area (Å²) in [6, 6.07) is 0. The highest BCUT2D eigenvalue weighted by atomic mass is 16.6. The van der Waals surface area contributed by atoms with E-state index < -0.39 is 6.10 Å². The molecule has 1 unspecified atom stereocenters. The van der Waals surface area contributed by atoms with E-state index in [1.807, 2.05) is 6.08 Å².